The Hall–Kier alpha value is -1.29. The van der Waals surface area contributed by atoms with Crippen molar-refractivity contribution < 1.29 is 4.74 Å². The minimum Gasteiger partial charge on any atom is -0.479 e. The molecule has 1 heterocycles. The van der Waals surface area contributed by atoms with Crippen LogP contribution in [0.3, 0.4) is 0 Å². The van der Waals surface area contributed by atoms with Crippen molar-refractivity contribution in [1.82, 2.24) is 4.98 Å². The molecule has 0 aliphatic rings. The number of rotatable bonds is 4. The lowest BCUT2D eigenvalue weighted by Gasteiger charge is -2.11. The summed E-state index contributed by atoms with van der Waals surface area (Å²) in [5.41, 5.74) is 1.37. The molecule has 0 saturated heterocycles. The fourth-order valence-corrected chi connectivity index (χ4v) is 1.32. The zero-order valence-electron chi connectivity index (χ0n) is 8.10. The van der Waals surface area contributed by atoms with Crippen LogP contribution in [0.1, 0.15) is 12.5 Å². The summed E-state index contributed by atoms with van der Waals surface area (Å²) in [5.74, 6) is 0.415. The van der Waals surface area contributed by atoms with E-state index in [1.54, 1.807) is 6.07 Å². The highest BCUT2D eigenvalue weighted by Gasteiger charge is 2.10. The van der Waals surface area contributed by atoms with Crippen molar-refractivity contribution >= 4 is 23.5 Å². The molecule has 0 saturated carbocycles. The second-order valence-corrected chi connectivity index (χ2v) is 2.98. The van der Waals surface area contributed by atoms with E-state index in [-0.39, 0.29) is 0 Å². The second-order valence-electron chi connectivity index (χ2n) is 2.59. The van der Waals surface area contributed by atoms with Gasteiger partial charge in [-0.15, -0.1) is 0 Å². The smallest absolute Gasteiger partial charge is 0.239 e. The number of nitrogens with one attached hydrogen (secondary N) is 2. The normalized spacial score (nSPS) is 9.64. The van der Waals surface area contributed by atoms with E-state index in [1.807, 2.05) is 6.92 Å². The lowest BCUT2D eigenvalue weighted by molar-refractivity contribution is 0.400. The van der Waals surface area contributed by atoms with Gasteiger partial charge in [-0.3, -0.25) is 0 Å². The van der Waals surface area contributed by atoms with E-state index in [0.29, 0.717) is 22.3 Å². The second kappa shape index (κ2) is 4.81. The van der Waals surface area contributed by atoms with Crippen LogP contribution in [0.2, 0.25) is 5.15 Å². The van der Waals surface area contributed by atoms with Gasteiger partial charge in [-0.05, 0) is 13.0 Å². The Kier molecular flexibility index (Phi) is 3.71. The number of nitrogens with zero attached hydrogens (tertiary/aromatic N) is 1. The molecule has 0 bridgehead atoms. The first kappa shape index (κ1) is 10.8. The zero-order chi connectivity index (χ0) is 10.6. The summed E-state index contributed by atoms with van der Waals surface area (Å²) in [5, 5.41) is 10.6. The standard InChI is InChI=1S/C9H12ClN3O/c1-3-12-8-6(5-11)4-7(10)13-9(8)14-2/h4-5,11-12H,3H2,1-2H3. The molecule has 1 rings (SSSR count). The van der Waals surface area contributed by atoms with Crippen LogP contribution in [-0.2, 0) is 0 Å². The third-order valence-electron chi connectivity index (χ3n) is 1.69. The molecule has 0 aromatic carbocycles. The van der Waals surface area contributed by atoms with Crippen molar-refractivity contribution in [2.75, 3.05) is 19.0 Å². The predicted molar refractivity (Wildman–Crippen MR) is 57.8 cm³/mol. The molecule has 1 aromatic heterocycles. The molecule has 0 amide bonds. The average Bonchev–Trinajstić information content (AvgIpc) is 2.20. The maximum atomic E-state index is 7.22. The molecule has 0 aliphatic heterocycles. The number of hydrogen-bond acceptors (Lipinski definition) is 4. The van der Waals surface area contributed by atoms with Crippen LogP contribution in [0.25, 0.3) is 0 Å². The summed E-state index contributed by atoms with van der Waals surface area (Å²) in [4.78, 5) is 4.00. The van der Waals surface area contributed by atoms with Gasteiger partial charge in [0.2, 0.25) is 5.88 Å². The van der Waals surface area contributed by atoms with E-state index in [1.165, 1.54) is 13.3 Å². The van der Waals surface area contributed by atoms with Crippen LogP contribution in [0.5, 0.6) is 5.88 Å². The van der Waals surface area contributed by atoms with E-state index in [9.17, 15) is 0 Å². The van der Waals surface area contributed by atoms with Gasteiger partial charge >= 0.3 is 0 Å². The molecule has 0 aliphatic carbocycles. The molecule has 76 valence electrons. The molecule has 14 heavy (non-hydrogen) atoms. The summed E-state index contributed by atoms with van der Waals surface area (Å²) < 4.78 is 5.06. The molecule has 1 aromatic rings. The quantitative estimate of drug-likeness (QED) is 0.595. The predicted octanol–water partition coefficient (Wildman–Crippen LogP) is 2.17. The van der Waals surface area contributed by atoms with E-state index < -0.39 is 0 Å². The number of anilines is 1. The summed E-state index contributed by atoms with van der Waals surface area (Å²) in [6.45, 7) is 2.70. The molecule has 0 fully saturated rings. The first-order valence-corrected chi connectivity index (χ1v) is 4.59. The van der Waals surface area contributed by atoms with Crippen LogP contribution >= 0.6 is 11.6 Å². The first-order valence-electron chi connectivity index (χ1n) is 4.21. The zero-order valence-corrected chi connectivity index (χ0v) is 8.85. The third-order valence-corrected chi connectivity index (χ3v) is 1.88. The SMILES string of the molecule is CCNc1c(C=N)cc(Cl)nc1OC. The Morgan fingerprint density at radius 1 is 1.71 bits per heavy atom. The van der Waals surface area contributed by atoms with Gasteiger partial charge in [0, 0.05) is 18.3 Å². The number of methoxy groups -OCH3 is 1. The molecule has 2 N–H and O–H groups in total. The summed E-state index contributed by atoms with van der Waals surface area (Å²) in [7, 11) is 1.52. The molecular formula is C9H12ClN3O. The van der Waals surface area contributed by atoms with Gasteiger partial charge in [0.15, 0.2) is 0 Å². The van der Waals surface area contributed by atoms with Gasteiger partial charge in [0.05, 0.1) is 7.11 Å². The molecule has 4 nitrogen and oxygen atoms in total. The highest BCUT2D eigenvalue weighted by atomic mass is 35.5. The van der Waals surface area contributed by atoms with Gasteiger partial charge < -0.3 is 15.5 Å². The maximum Gasteiger partial charge on any atom is 0.239 e. The Balaban J connectivity index is 3.24. The van der Waals surface area contributed by atoms with Gasteiger partial charge in [-0.1, -0.05) is 11.6 Å². The van der Waals surface area contributed by atoms with Crippen LogP contribution in [0, 0.1) is 5.41 Å². The molecule has 0 atom stereocenters. The van der Waals surface area contributed by atoms with Gasteiger partial charge in [0.1, 0.15) is 10.8 Å². The Morgan fingerprint density at radius 3 is 2.93 bits per heavy atom. The number of pyridine rings is 1. The highest BCUT2D eigenvalue weighted by molar-refractivity contribution is 6.29. The van der Waals surface area contributed by atoms with Crippen LogP contribution in [-0.4, -0.2) is 24.9 Å². The van der Waals surface area contributed by atoms with E-state index in [2.05, 4.69) is 10.3 Å². The van der Waals surface area contributed by atoms with Crippen molar-refractivity contribution in [3.8, 4) is 5.88 Å². The van der Waals surface area contributed by atoms with Crippen LogP contribution < -0.4 is 10.1 Å². The lowest BCUT2D eigenvalue weighted by Crippen LogP contribution is -2.04. The van der Waals surface area contributed by atoms with E-state index in [0.717, 1.165) is 6.54 Å². The molecule has 0 radical (unpaired) electrons. The van der Waals surface area contributed by atoms with Crippen molar-refractivity contribution in [3.05, 3.63) is 16.8 Å². The fourth-order valence-electron chi connectivity index (χ4n) is 1.13. The third kappa shape index (κ3) is 2.14. The summed E-state index contributed by atoms with van der Waals surface area (Å²) >= 11 is 5.76. The van der Waals surface area contributed by atoms with Crippen molar-refractivity contribution in [1.29, 1.82) is 5.41 Å². The molecule has 5 heteroatoms. The Bertz CT molecular complexity index is 341. The number of aromatic nitrogens is 1. The van der Waals surface area contributed by atoms with Crippen molar-refractivity contribution in [2.24, 2.45) is 0 Å². The van der Waals surface area contributed by atoms with Gasteiger partial charge in [-0.2, -0.15) is 4.98 Å². The minimum atomic E-state index is 0.321. The summed E-state index contributed by atoms with van der Waals surface area (Å²) in [6.07, 6.45) is 1.22. The lowest BCUT2D eigenvalue weighted by atomic mass is 10.2. The van der Waals surface area contributed by atoms with Crippen LogP contribution in [0.4, 0.5) is 5.69 Å². The number of ether oxygens (including phenoxy) is 1. The van der Waals surface area contributed by atoms with Gasteiger partial charge in [0.25, 0.3) is 0 Å². The van der Waals surface area contributed by atoms with E-state index >= 15 is 0 Å². The summed E-state index contributed by atoms with van der Waals surface area (Å²) in [6, 6.07) is 1.62. The monoisotopic (exact) mass is 213 g/mol. The average molecular weight is 214 g/mol. The minimum absolute atomic E-state index is 0.321. The van der Waals surface area contributed by atoms with Crippen molar-refractivity contribution in [3.63, 3.8) is 0 Å². The Morgan fingerprint density at radius 2 is 2.43 bits per heavy atom. The molecule has 0 spiro atoms. The Labute approximate surface area is 87.8 Å². The van der Waals surface area contributed by atoms with Crippen molar-refractivity contribution in [2.45, 2.75) is 6.92 Å². The number of hydrogen-bond donors (Lipinski definition) is 2. The highest BCUT2D eigenvalue weighted by Crippen LogP contribution is 2.27. The largest absolute Gasteiger partial charge is 0.479 e. The van der Waals surface area contributed by atoms with Gasteiger partial charge in [-0.25, -0.2) is 0 Å². The van der Waals surface area contributed by atoms with E-state index in [4.69, 9.17) is 21.7 Å². The van der Waals surface area contributed by atoms with Crippen LogP contribution in [0.15, 0.2) is 6.07 Å². The molecular weight excluding hydrogens is 202 g/mol. The molecule has 0 unspecified atom stereocenters. The maximum absolute atomic E-state index is 7.22. The number of halogens is 1. The fraction of sp³-hybridized carbons (Fsp3) is 0.333. The first-order chi connectivity index (χ1) is 6.72. The topological polar surface area (TPSA) is 58.0 Å².